The Balaban J connectivity index is 1.78. The monoisotopic (exact) mass is 382 g/mol. The molecular weight excluding hydrogens is 358 g/mol. The largest absolute Gasteiger partial charge is 0.488 e. The highest BCUT2D eigenvalue weighted by atomic mass is 32.1. The van der Waals surface area contributed by atoms with Gasteiger partial charge in [-0.05, 0) is 43.9 Å². The fraction of sp³-hybridized carbons (Fsp3) is 0.500. The first kappa shape index (κ1) is 19.0. The predicted octanol–water partition coefficient (Wildman–Crippen LogP) is 3.02. The average Bonchev–Trinajstić information content (AvgIpc) is 2.93. The molecule has 0 bridgehead atoms. The van der Waals surface area contributed by atoms with Crippen LogP contribution in [0.2, 0.25) is 0 Å². The van der Waals surface area contributed by atoms with Gasteiger partial charge in [0.25, 0.3) is 0 Å². The highest BCUT2D eigenvalue weighted by Crippen LogP contribution is 2.24. The summed E-state index contributed by atoms with van der Waals surface area (Å²) in [7, 11) is 2.12. The number of piperazine rings is 1. The summed E-state index contributed by atoms with van der Waals surface area (Å²) in [6.45, 7) is 7.00. The number of halogens is 2. The molecule has 1 saturated heterocycles. The molecule has 8 heteroatoms. The highest BCUT2D eigenvalue weighted by Gasteiger charge is 2.17. The molecule has 2 heterocycles. The molecule has 0 spiro atoms. The van der Waals surface area contributed by atoms with Crippen LogP contribution >= 0.6 is 12.2 Å². The zero-order chi connectivity index (χ0) is 18.7. The molecule has 142 valence electrons. The molecular formula is C18H24F2N4OS. The summed E-state index contributed by atoms with van der Waals surface area (Å²) in [5.41, 5.74) is 1.52. The lowest BCUT2D eigenvalue weighted by Crippen LogP contribution is -2.44. The van der Waals surface area contributed by atoms with Gasteiger partial charge in [0, 0.05) is 38.9 Å². The lowest BCUT2D eigenvalue weighted by atomic mass is 10.2. The Labute approximate surface area is 157 Å². The molecule has 0 amide bonds. The van der Waals surface area contributed by atoms with E-state index in [1.165, 1.54) is 12.1 Å². The normalized spacial score (nSPS) is 16.2. The lowest BCUT2D eigenvalue weighted by molar-refractivity contribution is 0.145. The van der Waals surface area contributed by atoms with Crippen molar-refractivity contribution in [1.29, 1.82) is 0 Å². The molecule has 2 aromatic rings. The minimum absolute atomic E-state index is 0.214. The number of hydrogen-bond acceptors (Lipinski definition) is 4. The van der Waals surface area contributed by atoms with Crippen LogP contribution in [0.3, 0.4) is 0 Å². The SMILES string of the molecule is CCOc1c(F)cc(Cn2c(CN3CCN(C)CC3)c[nH]c2=S)cc1F. The van der Waals surface area contributed by atoms with E-state index in [0.29, 0.717) is 16.9 Å². The van der Waals surface area contributed by atoms with Gasteiger partial charge in [0.05, 0.1) is 18.8 Å². The number of hydrogen-bond donors (Lipinski definition) is 1. The van der Waals surface area contributed by atoms with Crippen LogP contribution in [-0.2, 0) is 13.1 Å². The molecule has 1 aromatic heterocycles. The topological polar surface area (TPSA) is 36.4 Å². The fourth-order valence-corrected chi connectivity index (χ4v) is 3.38. The van der Waals surface area contributed by atoms with Gasteiger partial charge in [0.15, 0.2) is 22.2 Å². The Hall–Kier alpha value is -1.77. The summed E-state index contributed by atoms with van der Waals surface area (Å²) >= 11 is 5.36. The lowest BCUT2D eigenvalue weighted by Gasteiger charge is -2.32. The van der Waals surface area contributed by atoms with Gasteiger partial charge in [-0.25, -0.2) is 8.78 Å². The van der Waals surface area contributed by atoms with Crippen molar-refractivity contribution in [3.8, 4) is 5.75 Å². The van der Waals surface area contributed by atoms with Crippen molar-refractivity contribution >= 4 is 12.2 Å². The van der Waals surface area contributed by atoms with Crippen LogP contribution in [0.1, 0.15) is 18.2 Å². The van der Waals surface area contributed by atoms with E-state index < -0.39 is 11.6 Å². The predicted molar refractivity (Wildman–Crippen MR) is 99.0 cm³/mol. The van der Waals surface area contributed by atoms with E-state index >= 15 is 0 Å². The summed E-state index contributed by atoms with van der Waals surface area (Å²) in [5, 5.41) is 0. The summed E-state index contributed by atoms with van der Waals surface area (Å²) in [5.74, 6) is -1.71. The van der Waals surface area contributed by atoms with Crippen molar-refractivity contribution in [3.05, 3.63) is 46.0 Å². The second-order valence-electron chi connectivity index (χ2n) is 6.57. The molecule has 0 radical (unpaired) electrons. The number of imidazole rings is 1. The van der Waals surface area contributed by atoms with Gasteiger partial charge in [-0.2, -0.15) is 0 Å². The minimum Gasteiger partial charge on any atom is -0.488 e. The molecule has 1 aliphatic rings. The highest BCUT2D eigenvalue weighted by molar-refractivity contribution is 7.71. The van der Waals surface area contributed by atoms with Gasteiger partial charge in [0.2, 0.25) is 0 Å². The maximum absolute atomic E-state index is 14.1. The summed E-state index contributed by atoms with van der Waals surface area (Å²) in [4.78, 5) is 7.70. The van der Waals surface area contributed by atoms with Crippen molar-refractivity contribution < 1.29 is 13.5 Å². The van der Waals surface area contributed by atoms with Crippen molar-refractivity contribution in [1.82, 2.24) is 19.4 Å². The zero-order valence-electron chi connectivity index (χ0n) is 15.1. The quantitative estimate of drug-likeness (QED) is 0.780. The number of benzene rings is 1. The van der Waals surface area contributed by atoms with Crippen LogP contribution in [0.5, 0.6) is 5.75 Å². The van der Waals surface area contributed by atoms with Crippen molar-refractivity contribution in [2.24, 2.45) is 0 Å². The smallest absolute Gasteiger partial charge is 0.190 e. The second-order valence-corrected chi connectivity index (χ2v) is 6.96. The van der Waals surface area contributed by atoms with Gasteiger partial charge in [-0.1, -0.05) is 0 Å². The first-order valence-electron chi connectivity index (χ1n) is 8.76. The first-order chi connectivity index (χ1) is 12.5. The molecule has 1 aliphatic heterocycles. The molecule has 1 aromatic carbocycles. The standard InChI is InChI=1S/C18H24F2N4OS/c1-3-25-17-15(19)8-13(9-16(17)20)11-24-14(10-21-18(24)26)12-23-6-4-22(2)5-7-23/h8-10H,3-7,11-12H2,1-2H3,(H,21,26). The van der Waals surface area contributed by atoms with E-state index in [9.17, 15) is 8.78 Å². The Morgan fingerprint density at radius 2 is 1.77 bits per heavy atom. The number of aromatic amines is 1. The summed E-state index contributed by atoms with van der Waals surface area (Å²) in [6.07, 6.45) is 1.88. The maximum atomic E-state index is 14.1. The molecule has 3 rings (SSSR count). The molecule has 1 fully saturated rings. The van der Waals surface area contributed by atoms with Gasteiger partial charge in [-0.15, -0.1) is 0 Å². The molecule has 0 atom stereocenters. The average molecular weight is 382 g/mol. The van der Waals surface area contributed by atoms with E-state index in [1.54, 1.807) is 6.92 Å². The summed E-state index contributed by atoms with van der Waals surface area (Å²) < 4.78 is 35.7. The van der Waals surface area contributed by atoms with Gasteiger partial charge in [-0.3, -0.25) is 4.90 Å². The number of rotatable bonds is 6. The second kappa shape index (κ2) is 8.28. The molecule has 1 N–H and O–H groups in total. The van der Waals surface area contributed by atoms with Gasteiger partial charge >= 0.3 is 0 Å². The van der Waals surface area contributed by atoms with Crippen molar-refractivity contribution in [2.75, 3.05) is 39.8 Å². The number of nitrogens with one attached hydrogen (secondary N) is 1. The number of nitrogens with zero attached hydrogens (tertiary/aromatic N) is 3. The third-order valence-corrected chi connectivity index (χ3v) is 4.96. The van der Waals surface area contributed by atoms with Crippen LogP contribution < -0.4 is 4.74 Å². The molecule has 0 saturated carbocycles. The van der Waals surface area contributed by atoms with Crippen LogP contribution in [0.25, 0.3) is 0 Å². The van der Waals surface area contributed by atoms with E-state index in [2.05, 4.69) is 21.8 Å². The molecule has 0 aliphatic carbocycles. The van der Waals surface area contributed by atoms with E-state index in [1.807, 2.05) is 10.8 Å². The van der Waals surface area contributed by atoms with Crippen molar-refractivity contribution in [2.45, 2.75) is 20.0 Å². The number of likely N-dealkylation sites (N-methyl/N-ethyl adjacent to an activating group) is 1. The number of H-pyrrole nitrogens is 1. The Kier molecular flexibility index (Phi) is 6.05. The van der Waals surface area contributed by atoms with Crippen LogP contribution in [0.4, 0.5) is 8.78 Å². The third-order valence-electron chi connectivity index (χ3n) is 4.62. The molecule has 5 nitrogen and oxygen atoms in total. The number of ether oxygens (including phenoxy) is 1. The Morgan fingerprint density at radius 3 is 2.38 bits per heavy atom. The van der Waals surface area contributed by atoms with Crippen LogP contribution in [0, 0.1) is 16.4 Å². The van der Waals surface area contributed by atoms with E-state index in [0.717, 1.165) is 38.4 Å². The molecule has 26 heavy (non-hydrogen) atoms. The zero-order valence-corrected chi connectivity index (χ0v) is 15.9. The Bertz CT molecular complexity index is 789. The fourth-order valence-electron chi connectivity index (χ4n) is 3.14. The van der Waals surface area contributed by atoms with E-state index in [4.69, 9.17) is 17.0 Å². The first-order valence-corrected chi connectivity index (χ1v) is 9.17. The van der Waals surface area contributed by atoms with Gasteiger partial charge in [0.1, 0.15) is 0 Å². The van der Waals surface area contributed by atoms with E-state index in [-0.39, 0.29) is 12.4 Å². The van der Waals surface area contributed by atoms with Crippen LogP contribution in [-0.4, -0.2) is 59.2 Å². The third kappa shape index (κ3) is 4.31. The summed E-state index contributed by atoms with van der Waals surface area (Å²) in [6, 6.07) is 2.62. The Morgan fingerprint density at radius 1 is 1.12 bits per heavy atom. The molecule has 0 unspecified atom stereocenters. The number of aromatic nitrogens is 2. The van der Waals surface area contributed by atoms with Crippen LogP contribution in [0.15, 0.2) is 18.3 Å². The minimum atomic E-state index is -0.690. The van der Waals surface area contributed by atoms with Crippen molar-refractivity contribution in [3.63, 3.8) is 0 Å². The van der Waals surface area contributed by atoms with Gasteiger partial charge < -0.3 is 19.2 Å². The maximum Gasteiger partial charge on any atom is 0.190 e.